The van der Waals surface area contributed by atoms with E-state index in [1.165, 1.54) is 11.8 Å². The minimum absolute atomic E-state index is 0.0448. The van der Waals surface area contributed by atoms with Gasteiger partial charge in [-0.15, -0.1) is 0 Å². The van der Waals surface area contributed by atoms with Crippen molar-refractivity contribution in [2.24, 2.45) is 0 Å². The maximum absolute atomic E-state index is 12.4. The molecule has 0 N–H and O–H groups in total. The van der Waals surface area contributed by atoms with Crippen LogP contribution in [-0.4, -0.2) is 65.0 Å². The van der Waals surface area contributed by atoms with Crippen molar-refractivity contribution >= 4 is 28.9 Å². The van der Waals surface area contributed by atoms with E-state index in [1.807, 2.05) is 0 Å². The summed E-state index contributed by atoms with van der Waals surface area (Å²) in [5.41, 5.74) is 0. The van der Waals surface area contributed by atoms with E-state index >= 15 is 0 Å². The average Bonchev–Trinajstić information content (AvgIpc) is 2.90. The van der Waals surface area contributed by atoms with E-state index in [4.69, 9.17) is 4.74 Å². The molecule has 1 unspecified atom stereocenters. The van der Waals surface area contributed by atoms with E-state index in [0.717, 1.165) is 18.6 Å². The number of rotatable bonds is 5. The number of esters is 1. The van der Waals surface area contributed by atoms with Gasteiger partial charge in [-0.05, 0) is 26.2 Å². The van der Waals surface area contributed by atoms with Gasteiger partial charge in [0.15, 0.2) is 0 Å². The molecule has 0 aromatic carbocycles. The van der Waals surface area contributed by atoms with Crippen LogP contribution in [0.15, 0.2) is 0 Å². The van der Waals surface area contributed by atoms with Crippen LogP contribution in [-0.2, 0) is 14.3 Å². The summed E-state index contributed by atoms with van der Waals surface area (Å²) in [6.07, 6.45) is 2.81. The van der Waals surface area contributed by atoms with E-state index in [2.05, 4.69) is 0 Å². The molecule has 0 radical (unpaired) electrons. The summed E-state index contributed by atoms with van der Waals surface area (Å²) < 4.78 is 5.06. The number of hydrogen-bond acceptors (Lipinski definition) is 5. The highest BCUT2D eigenvalue weighted by atomic mass is 32.2. The molecule has 21 heavy (non-hydrogen) atoms. The van der Waals surface area contributed by atoms with Gasteiger partial charge < -0.3 is 14.5 Å². The molecule has 1 atom stereocenters. The maximum Gasteiger partial charge on any atom is 0.328 e. The summed E-state index contributed by atoms with van der Waals surface area (Å²) in [4.78, 5) is 39.1. The van der Waals surface area contributed by atoms with Gasteiger partial charge in [-0.1, -0.05) is 11.8 Å². The van der Waals surface area contributed by atoms with Crippen LogP contribution in [0.25, 0.3) is 0 Å². The molecular weight excluding hydrogens is 292 g/mol. The molecule has 0 bridgehead atoms. The van der Waals surface area contributed by atoms with Gasteiger partial charge in [0.25, 0.3) is 5.24 Å². The first-order chi connectivity index (χ1) is 10.1. The first-order valence-electron chi connectivity index (χ1n) is 7.51. The van der Waals surface area contributed by atoms with E-state index in [1.54, 1.807) is 16.7 Å². The highest BCUT2D eigenvalue weighted by molar-refractivity contribution is 8.13. The van der Waals surface area contributed by atoms with Crippen molar-refractivity contribution in [3.8, 4) is 0 Å². The van der Waals surface area contributed by atoms with Gasteiger partial charge in [0.1, 0.15) is 6.04 Å². The van der Waals surface area contributed by atoms with Crippen LogP contribution in [0.1, 0.15) is 32.6 Å². The Morgan fingerprint density at radius 2 is 2.14 bits per heavy atom. The fraction of sp³-hybridized carbons (Fsp3) is 0.786. The Labute approximate surface area is 129 Å². The normalized spacial score (nSPS) is 22.5. The fourth-order valence-electron chi connectivity index (χ4n) is 2.72. The Morgan fingerprint density at radius 1 is 1.33 bits per heavy atom. The van der Waals surface area contributed by atoms with E-state index in [9.17, 15) is 14.4 Å². The first-order valence-corrected chi connectivity index (χ1v) is 8.50. The third-order valence-electron chi connectivity index (χ3n) is 3.82. The zero-order valence-corrected chi connectivity index (χ0v) is 13.2. The molecule has 118 valence electrons. The molecule has 2 fully saturated rings. The lowest BCUT2D eigenvalue weighted by atomic mass is 10.0. The number of nitrogens with zero attached hydrogens (tertiary/aromatic N) is 2. The molecule has 6 nitrogen and oxygen atoms in total. The molecule has 0 spiro atoms. The van der Waals surface area contributed by atoms with Crippen molar-refractivity contribution in [3.63, 3.8) is 0 Å². The summed E-state index contributed by atoms with van der Waals surface area (Å²) in [6, 6.07) is -0.449. The van der Waals surface area contributed by atoms with Crippen molar-refractivity contribution in [3.05, 3.63) is 0 Å². The van der Waals surface area contributed by atoms with E-state index < -0.39 is 6.04 Å². The third-order valence-corrected chi connectivity index (χ3v) is 4.71. The minimum atomic E-state index is -0.449. The number of carbonyl (C=O) groups excluding carboxylic acids is 3. The number of piperidine rings is 1. The number of thioether (sulfide) groups is 1. The first kappa shape index (κ1) is 16.1. The Kier molecular flexibility index (Phi) is 5.90. The standard InChI is InChI=1S/C14H22N2O4S/c1-2-20-13(18)11-5-3-4-7-16(11)12(17)6-8-15-9-10-21-14(15)19/h11H,2-10H2,1H3. The summed E-state index contributed by atoms with van der Waals surface area (Å²) >= 11 is 1.29. The third kappa shape index (κ3) is 4.12. The van der Waals surface area contributed by atoms with Crippen LogP contribution >= 0.6 is 11.8 Å². The summed E-state index contributed by atoms with van der Waals surface area (Å²) in [5.74, 6) is 0.429. The highest BCUT2D eigenvalue weighted by Gasteiger charge is 2.33. The molecule has 7 heteroatoms. The lowest BCUT2D eigenvalue weighted by Crippen LogP contribution is -2.49. The van der Waals surface area contributed by atoms with Gasteiger partial charge in [0.05, 0.1) is 6.61 Å². The van der Waals surface area contributed by atoms with Gasteiger partial charge in [0.2, 0.25) is 5.91 Å². The summed E-state index contributed by atoms with van der Waals surface area (Å²) in [6.45, 7) is 3.85. The number of carbonyl (C=O) groups is 3. The van der Waals surface area contributed by atoms with Crippen molar-refractivity contribution in [1.82, 2.24) is 9.80 Å². The monoisotopic (exact) mass is 314 g/mol. The van der Waals surface area contributed by atoms with E-state index in [0.29, 0.717) is 32.7 Å². The smallest absolute Gasteiger partial charge is 0.328 e. The number of hydrogen-bond donors (Lipinski definition) is 0. The van der Waals surface area contributed by atoms with Crippen LogP contribution in [0.5, 0.6) is 0 Å². The maximum atomic E-state index is 12.4. The molecule has 0 aliphatic carbocycles. The largest absolute Gasteiger partial charge is 0.464 e. The van der Waals surface area contributed by atoms with Gasteiger partial charge in [0, 0.05) is 31.8 Å². The molecule has 2 saturated heterocycles. The molecule has 2 amide bonds. The van der Waals surface area contributed by atoms with Gasteiger partial charge in [-0.2, -0.15) is 0 Å². The molecule has 0 aromatic heterocycles. The predicted octanol–water partition coefficient (Wildman–Crippen LogP) is 1.49. The number of amides is 2. The quantitative estimate of drug-likeness (QED) is 0.719. The van der Waals surface area contributed by atoms with Crippen molar-refractivity contribution < 1.29 is 19.1 Å². The molecule has 2 rings (SSSR count). The Balaban J connectivity index is 1.88. The molecular formula is C14H22N2O4S. The molecule has 2 heterocycles. The van der Waals surface area contributed by atoms with Crippen LogP contribution in [0, 0.1) is 0 Å². The van der Waals surface area contributed by atoms with Crippen molar-refractivity contribution in [1.29, 1.82) is 0 Å². The summed E-state index contributed by atoms with van der Waals surface area (Å²) in [7, 11) is 0. The lowest BCUT2D eigenvalue weighted by molar-refractivity contribution is -0.156. The molecule has 2 aliphatic rings. The Hall–Kier alpha value is -1.24. The fourth-order valence-corrected chi connectivity index (χ4v) is 3.57. The minimum Gasteiger partial charge on any atom is -0.464 e. The Morgan fingerprint density at radius 3 is 2.81 bits per heavy atom. The SMILES string of the molecule is CCOC(=O)C1CCCCN1C(=O)CCN1CCSC1=O. The Bertz CT molecular complexity index is 416. The number of likely N-dealkylation sites (tertiary alicyclic amines) is 1. The van der Waals surface area contributed by atoms with Crippen molar-refractivity contribution in [2.45, 2.75) is 38.6 Å². The van der Waals surface area contributed by atoms with Crippen molar-refractivity contribution in [2.75, 3.05) is 32.0 Å². The molecule has 0 saturated carbocycles. The molecule has 2 aliphatic heterocycles. The van der Waals surface area contributed by atoms with Gasteiger partial charge in [-0.25, -0.2) is 4.79 Å². The topological polar surface area (TPSA) is 66.9 Å². The summed E-state index contributed by atoms with van der Waals surface area (Å²) in [5, 5.41) is 0.0448. The second-order valence-corrected chi connectivity index (χ2v) is 6.25. The molecule has 0 aromatic rings. The van der Waals surface area contributed by atoms with Crippen LogP contribution < -0.4 is 0 Å². The van der Waals surface area contributed by atoms with Crippen LogP contribution in [0.2, 0.25) is 0 Å². The zero-order chi connectivity index (χ0) is 15.2. The van der Waals surface area contributed by atoms with E-state index in [-0.39, 0.29) is 23.5 Å². The lowest BCUT2D eigenvalue weighted by Gasteiger charge is -2.34. The average molecular weight is 314 g/mol. The van der Waals surface area contributed by atoms with Crippen LogP contribution in [0.4, 0.5) is 4.79 Å². The van der Waals surface area contributed by atoms with Gasteiger partial charge in [-0.3, -0.25) is 9.59 Å². The zero-order valence-electron chi connectivity index (χ0n) is 12.4. The predicted molar refractivity (Wildman–Crippen MR) is 80.0 cm³/mol. The highest BCUT2D eigenvalue weighted by Crippen LogP contribution is 2.21. The van der Waals surface area contributed by atoms with Crippen LogP contribution in [0.3, 0.4) is 0 Å². The second kappa shape index (κ2) is 7.68. The number of ether oxygens (including phenoxy) is 1. The second-order valence-electron chi connectivity index (χ2n) is 5.20. The van der Waals surface area contributed by atoms with Gasteiger partial charge >= 0.3 is 5.97 Å².